The molecular formula is C40H52N4O6. The lowest BCUT2D eigenvalue weighted by molar-refractivity contribution is -0.0454. The average Bonchev–Trinajstić information content (AvgIpc) is 3.66. The molecule has 2 spiro atoms. The van der Waals surface area contributed by atoms with Crippen LogP contribution in [0.3, 0.4) is 0 Å². The Balaban J connectivity index is 0.000000135. The number of likely N-dealkylation sites (tertiary alicyclic amines) is 2. The van der Waals surface area contributed by atoms with Gasteiger partial charge in [0.15, 0.2) is 23.0 Å². The number of ether oxygens (including phenoxy) is 4. The van der Waals surface area contributed by atoms with Crippen molar-refractivity contribution in [2.75, 3.05) is 53.5 Å². The van der Waals surface area contributed by atoms with Gasteiger partial charge in [0.25, 0.3) is 0 Å². The molecule has 0 unspecified atom stereocenters. The van der Waals surface area contributed by atoms with Crippen LogP contribution in [0.15, 0.2) is 48.6 Å². The van der Waals surface area contributed by atoms with Crippen molar-refractivity contribution in [3.05, 3.63) is 70.8 Å². The highest BCUT2D eigenvalue weighted by atomic mass is 16.5. The minimum absolute atomic E-state index is 0.110. The Kier molecular flexibility index (Phi) is 8.02. The quantitative estimate of drug-likeness (QED) is 0.243. The second-order valence-electron chi connectivity index (χ2n) is 15.8. The van der Waals surface area contributed by atoms with Crippen molar-refractivity contribution < 1.29 is 29.2 Å². The highest BCUT2D eigenvalue weighted by Crippen LogP contribution is 2.64. The van der Waals surface area contributed by atoms with E-state index in [2.05, 4.69) is 48.2 Å². The molecule has 0 amide bonds. The Labute approximate surface area is 295 Å². The van der Waals surface area contributed by atoms with E-state index < -0.39 is 12.2 Å². The molecule has 10 heteroatoms. The molecule has 268 valence electrons. The van der Waals surface area contributed by atoms with Gasteiger partial charge in [0, 0.05) is 45.9 Å². The predicted molar refractivity (Wildman–Crippen MR) is 190 cm³/mol. The van der Waals surface area contributed by atoms with E-state index in [4.69, 9.17) is 30.4 Å². The van der Waals surface area contributed by atoms with Crippen LogP contribution in [0.25, 0.3) is 0 Å². The van der Waals surface area contributed by atoms with Gasteiger partial charge in [-0.05, 0) is 102 Å². The number of hydrogen-bond donors (Lipinski definition) is 4. The zero-order valence-corrected chi connectivity index (χ0v) is 29.3. The summed E-state index contributed by atoms with van der Waals surface area (Å²) < 4.78 is 24.8. The molecule has 4 heterocycles. The van der Waals surface area contributed by atoms with Crippen LogP contribution < -0.4 is 30.4 Å². The van der Waals surface area contributed by atoms with E-state index in [0.29, 0.717) is 50.2 Å². The number of likely N-dealkylation sites (N-methyl/N-ethyl adjacent to an activating group) is 2. The third-order valence-electron chi connectivity index (χ3n) is 13.5. The van der Waals surface area contributed by atoms with Crippen LogP contribution in [-0.2, 0) is 23.7 Å². The van der Waals surface area contributed by atoms with E-state index >= 15 is 0 Å². The topological polar surface area (TPSA) is 136 Å². The molecule has 0 saturated carbocycles. The summed E-state index contributed by atoms with van der Waals surface area (Å²) in [5.74, 6) is 4.14. The molecule has 10 nitrogen and oxygen atoms in total. The third kappa shape index (κ3) is 4.48. The number of piperidine rings is 2. The molecule has 0 aromatic heterocycles. The van der Waals surface area contributed by atoms with E-state index in [9.17, 15) is 10.2 Å². The van der Waals surface area contributed by atoms with Gasteiger partial charge in [-0.25, -0.2) is 0 Å². The minimum atomic E-state index is -0.560. The maximum atomic E-state index is 10.7. The second kappa shape index (κ2) is 12.2. The fourth-order valence-corrected chi connectivity index (χ4v) is 11.2. The Morgan fingerprint density at radius 3 is 1.56 bits per heavy atom. The molecule has 2 fully saturated rings. The van der Waals surface area contributed by atoms with Gasteiger partial charge in [0.05, 0.1) is 13.2 Å². The molecular weight excluding hydrogens is 632 g/mol. The minimum Gasteiger partial charge on any atom is -0.490 e. The Bertz CT molecular complexity index is 1590. The largest absolute Gasteiger partial charge is 0.490 e. The van der Waals surface area contributed by atoms with E-state index in [0.717, 1.165) is 74.6 Å². The number of benzene rings is 2. The molecule has 10 atom stereocenters. The fraction of sp³-hybridized carbons (Fsp3) is 0.600. The third-order valence-corrected chi connectivity index (χ3v) is 13.5. The highest BCUT2D eigenvalue weighted by molar-refractivity contribution is 5.63. The van der Waals surface area contributed by atoms with Crippen molar-refractivity contribution in [3.8, 4) is 23.0 Å². The first-order valence-electron chi connectivity index (χ1n) is 18.8. The number of nitrogens with two attached hydrogens (primary N) is 2. The normalized spacial score (nSPS) is 37.6. The first kappa shape index (κ1) is 32.8. The molecule has 50 heavy (non-hydrogen) atoms. The van der Waals surface area contributed by atoms with Crippen LogP contribution in [0.2, 0.25) is 0 Å². The van der Waals surface area contributed by atoms with Crippen molar-refractivity contribution in [3.63, 3.8) is 0 Å². The summed E-state index contributed by atoms with van der Waals surface area (Å²) in [6, 6.07) is 9.44. The van der Waals surface area contributed by atoms with Crippen molar-refractivity contribution in [1.29, 1.82) is 0 Å². The number of aliphatic hydroxyl groups is 2. The monoisotopic (exact) mass is 684 g/mol. The number of rotatable bonds is 8. The molecule has 6 N–H and O–H groups in total. The van der Waals surface area contributed by atoms with Gasteiger partial charge >= 0.3 is 0 Å². The average molecular weight is 685 g/mol. The van der Waals surface area contributed by atoms with Crippen LogP contribution in [0.5, 0.6) is 23.0 Å². The zero-order valence-electron chi connectivity index (χ0n) is 29.3. The van der Waals surface area contributed by atoms with Crippen LogP contribution in [0.1, 0.15) is 47.9 Å². The summed E-state index contributed by atoms with van der Waals surface area (Å²) in [6.07, 6.45) is 12.6. The fourth-order valence-electron chi connectivity index (χ4n) is 11.2. The maximum Gasteiger partial charge on any atom is 0.165 e. The van der Waals surface area contributed by atoms with E-state index in [1.807, 2.05) is 24.3 Å². The van der Waals surface area contributed by atoms with Gasteiger partial charge < -0.3 is 50.4 Å². The molecule has 8 aliphatic rings. The van der Waals surface area contributed by atoms with E-state index in [-0.39, 0.29) is 23.0 Å². The van der Waals surface area contributed by atoms with Gasteiger partial charge in [0.2, 0.25) is 0 Å². The summed E-state index contributed by atoms with van der Waals surface area (Å²) in [6.45, 7) is 4.51. The maximum absolute atomic E-state index is 10.7. The lowest BCUT2D eigenvalue weighted by Crippen LogP contribution is -2.64. The van der Waals surface area contributed by atoms with Gasteiger partial charge in [-0.2, -0.15) is 0 Å². The van der Waals surface area contributed by atoms with Crippen molar-refractivity contribution in [2.45, 2.75) is 85.9 Å². The lowest BCUT2D eigenvalue weighted by Gasteiger charge is -2.56. The Morgan fingerprint density at radius 2 is 1.14 bits per heavy atom. The van der Waals surface area contributed by atoms with Crippen LogP contribution in [-0.4, -0.2) is 110 Å². The van der Waals surface area contributed by atoms with Crippen molar-refractivity contribution in [1.82, 2.24) is 9.80 Å². The van der Waals surface area contributed by atoms with Crippen LogP contribution in [0, 0.1) is 11.8 Å². The van der Waals surface area contributed by atoms with Gasteiger partial charge in [0.1, 0.15) is 24.4 Å². The second-order valence-corrected chi connectivity index (χ2v) is 15.8. The first-order chi connectivity index (χ1) is 24.3. The SMILES string of the molecule is CN1CC[C@]23c4c5ccc(OCCCN)c4O[C@H]2[C@@H](O)C=C[C@H]3[C@H]1C5.CN1CC[C@]23c4c5ccc(OCCCN)c4O[C@H]2[C@@H](O)C=C[C@H]3[C@H]1C5. The summed E-state index contributed by atoms with van der Waals surface area (Å²) in [4.78, 5) is 4.95. The molecule has 2 aromatic rings. The summed E-state index contributed by atoms with van der Waals surface area (Å²) >= 11 is 0. The first-order valence-corrected chi connectivity index (χ1v) is 18.8. The summed E-state index contributed by atoms with van der Waals surface area (Å²) in [5, 5.41) is 21.4. The Morgan fingerprint density at radius 1 is 0.700 bits per heavy atom. The molecule has 4 bridgehead atoms. The van der Waals surface area contributed by atoms with E-state index in [1.54, 1.807) is 0 Å². The van der Waals surface area contributed by atoms with Gasteiger partial charge in [-0.15, -0.1) is 0 Å². The van der Waals surface area contributed by atoms with Crippen LogP contribution in [0.4, 0.5) is 0 Å². The molecule has 0 radical (unpaired) electrons. The van der Waals surface area contributed by atoms with Gasteiger partial charge in [-0.1, -0.05) is 36.4 Å². The van der Waals surface area contributed by atoms with Crippen molar-refractivity contribution in [2.24, 2.45) is 23.3 Å². The molecule has 10 rings (SSSR count). The lowest BCUT2D eigenvalue weighted by atomic mass is 9.53. The number of nitrogens with zero attached hydrogens (tertiary/aromatic N) is 2. The number of hydrogen-bond acceptors (Lipinski definition) is 10. The smallest absolute Gasteiger partial charge is 0.165 e. The summed E-state index contributed by atoms with van der Waals surface area (Å²) in [7, 11) is 4.44. The molecule has 2 aromatic carbocycles. The highest BCUT2D eigenvalue weighted by Gasteiger charge is 2.65. The standard InChI is InChI=1S/2C20H26N2O3/c2*1-22-9-7-20-13-4-5-15(23)19(20)25-18-16(24-10-2-8-21)6-3-12(17(18)20)11-14(13)22/h2*3-6,13-15,19,23H,2,7-11,21H2,1H3/t2*13-,14+,15-,19-,20-/m00/s1. The van der Waals surface area contributed by atoms with E-state index in [1.165, 1.54) is 22.3 Å². The summed E-state index contributed by atoms with van der Waals surface area (Å²) in [5.41, 5.74) is 16.3. The Hall–Kier alpha value is -3.12. The molecule has 4 aliphatic carbocycles. The van der Waals surface area contributed by atoms with Crippen LogP contribution >= 0.6 is 0 Å². The molecule has 4 aliphatic heterocycles. The number of aliphatic hydroxyl groups excluding tert-OH is 2. The van der Waals surface area contributed by atoms with Crippen molar-refractivity contribution >= 4 is 0 Å². The molecule has 2 saturated heterocycles. The zero-order chi connectivity index (χ0) is 34.4. The van der Waals surface area contributed by atoms with Gasteiger partial charge in [-0.3, -0.25) is 0 Å². The predicted octanol–water partition coefficient (Wildman–Crippen LogP) is 2.44.